The molecule has 0 spiro atoms. The number of nitrogens with zero attached hydrogens (tertiary/aromatic N) is 1. The first-order valence-electron chi connectivity index (χ1n) is 7.36. The molecule has 3 aromatic rings. The van der Waals surface area contributed by atoms with Gasteiger partial charge in [-0.15, -0.1) is 0 Å². The zero-order valence-corrected chi connectivity index (χ0v) is 13.1. The normalized spacial score (nSPS) is 10.5. The summed E-state index contributed by atoms with van der Waals surface area (Å²) in [6.07, 6.45) is 0. The average Bonchev–Trinajstić information content (AvgIpc) is 3.06. The molecule has 23 heavy (non-hydrogen) atoms. The number of amides is 1. The maximum absolute atomic E-state index is 12.5. The predicted molar refractivity (Wildman–Crippen MR) is 92.5 cm³/mol. The zero-order chi connectivity index (χ0) is 16.4. The molecule has 0 bridgehead atoms. The maximum atomic E-state index is 12.5. The highest BCUT2D eigenvalue weighted by Crippen LogP contribution is 2.29. The third kappa shape index (κ3) is 2.83. The van der Waals surface area contributed by atoms with E-state index in [0.717, 1.165) is 16.8 Å². The molecule has 0 saturated carbocycles. The SMILES string of the molecule is Cc1c(N)cccc1-c1ccc(C(=O)N(C)c2ccccc2)o1. The number of rotatable bonds is 3. The Balaban J connectivity index is 1.90. The number of nitrogen functional groups attached to an aromatic ring is 1. The Hall–Kier alpha value is -3.01. The van der Waals surface area contributed by atoms with Gasteiger partial charge in [-0.25, -0.2) is 0 Å². The Morgan fingerprint density at radius 3 is 2.48 bits per heavy atom. The minimum Gasteiger partial charge on any atom is -0.451 e. The predicted octanol–water partition coefficient (Wildman–Crippen LogP) is 4.11. The molecule has 0 radical (unpaired) electrons. The van der Waals surface area contributed by atoms with Crippen molar-refractivity contribution in [1.82, 2.24) is 0 Å². The summed E-state index contributed by atoms with van der Waals surface area (Å²) in [5.74, 6) is 0.747. The minimum atomic E-state index is -0.191. The topological polar surface area (TPSA) is 59.5 Å². The molecule has 0 atom stereocenters. The van der Waals surface area contributed by atoms with E-state index >= 15 is 0 Å². The van der Waals surface area contributed by atoms with Crippen molar-refractivity contribution < 1.29 is 9.21 Å². The molecule has 2 aromatic carbocycles. The number of para-hydroxylation sites is 1. The number of anilines is 2. The van der Waals surface area contributed by atoms with Crippen molar-refractivity contribution >= 4 is 17.3 Å². The molecule has 0 aliphatic heterocycles. The van der Waals surface area contributed by atoms with E-state index in [0.29, 0.717) is 17.2 Å². The van der Waals surface area contributed by atoms with Crippen molar-refractivity contribution in [2.45, 2.75) is 6.92 Å². The summed E-state index contributed by atoms with van der Waals surface area (Å²) < 4.78 is 5.76. The monoisotopic (exact) mass is 306 g/mol. The second kappa shape index (κ2) is 6.01. The van der Waals surface area contributed by atoms with Gasteiger partial charge >= 0.3 is 0 Å². The van der Waals surface area contributed by atoms with Crippen molar-refractivity contribution in [1.29, 1.82) is 0 Å². The summed E-state index contributed by atoms with van der Waals surface area (Å²) in [6.45, 7) is 1.94. The number of nitrogens with two attached hydrogens (primary N) is 1. The van der Waals surface area contributed by atoms with Crippen molar-refractivity contribution in [2.24, 2.45) is 0 Å². The molecular formula is C19H18N2O2. The quantitative estimate of drug-likeness (QED) is 0.741. The molecule has 4 nitrogen and oxygen atoms in total. The van der Waals surface area contributed by atoms with Crippen molar-refractivity contribution in [2.75, 3.05) is 17.7 Å². The van der Waals surface area contributed by atoms with Gasteiger partial charge in [0.05, 0.1) is 0 Å². The number of carbonyl (C=O) groups excluding carboxylic acids is 1. The van der Waals surface area contributed by atoms with E-state index in [9.17, 15) is 4.79 Å². The third-order valence-corrected chi connectivity index (χ3v) is 3.91. The van der Waals surface area contributed by atoms with Crippen LogP contribution in [0.5, 0.6) is 0 Å². The van der Waals surface area contributed by atoms with Crippen molar-refractivity contribution in [3.05, 3.63) is 72.0 Å². The number of hydrogen-bond donors (Lipinski definition) is 1. The fraction of sp³-hybridized carbons (Fsp3) is 0.105. The fourth-order valence-electron chi connectivity index (χ4n) is 2.45. The lowest BCUT2D eigenvalue weighted by Gasteiger charge is -2.15. The highest BCUT2D eigenvalue weighted by atomic mass is 16.4. The first-order valence-corrected chi connectivity index (χ1v) is 7.36. The van der Waals surface area contributed by atoms with Gasteiger partial charge in [-0.05, 0) is 42.8 Å². The summed E-state index contributed by atoms with van der Waals surface area (Å²) >= 11 is 0. The van der Waals surface area contributed by atoms with Crippen molar-refractivity contribution in [3.63, 3.8) is 0 Å². The highest BCUT2D eigenvalue weighted by molar-refractivity contribution is 6.04. The lowest BCUT2D eigenvalue weighted by atomic mass is 10.1. The second-order valence-corrected chi connectivity index (χ2v) is 5.38. The zero-order valence-electron chi connectivity index (χ0n) is 13.1. The minimum absolute atomic E-state index is 0.191. The molecule has 3 rings (SSSR count). The summed E-state index contributed by atoms with van der Waals surface area (Å²) in [7, 11) is 1.73. The number of benzene rings is 2. The van der Waals surface area contributed by atoms with E-state index in [1.807, 2.05) is 55.5 Å². The van der Waals surface area contributed by atoms with E-state index in [2.05, 4.69) is 0 Å². The molecule has 0 saturated heterocycles. The lowest BCUT2D eigenvalue weighted by Crippen LogP contribution is -2.25. The Morgan fingerprint density at radius 2 is 1.74 bits per heavy atom. The average molecular weight is 306 g/mol. The van der Waals surface area contributed by atoms with Gasteiger partial charge in [0.25, 0.3) is 5.91 Å². The van der Waals surface area contributed by atoms with Gasteiger partial charge in [0.15, 0.2) is 5.76 Å². The van der Waals surface area contributed by atoms with E-state index in [1.165, 1.54) is 0 Å². The van der Waals surface area contributed by atoms with Crippen LogP contribution in [0.1, 0.15) is 16.1 Å². The third-order valence-electron chi connectivity index (χ3n) is 3.91. The van der Waals surface area contributed by atoms with Gasteiger partial charge in [0.2, 0.25) is 0 Å². The number of hydrogen-bond acceptors (Lipinski definition) is 3. The van der Waals surface area contributed by atoms with E-state index in [4.69, 9.17) is 10.2 Å². The van der Waals surface area contributed by atoms with Gasteiger partial charge in [0.1, 0.15) is 5.76 Å². The maximum Gasteiger partial charge on any atom is 0.293 e. The molecule has 0 fully saturated rings. The van der Waals surface area contributed by atoms with E-state index in [1.54, 1.807) is 24.1 Å². The van der Waals surface area contributed by atoms with Crippen LogP contribution in [0.15, 0.2) is 65.1 Å². The molecule has 2 N–H and O–H groups in total. The first-order chi connectivity index (χ1) is 11.1. The van der Waals surface area contributed by atoms with Crippen LogP contribution in [-0.2, 0) is 0 Å². The molecule has 1 heterocycles. The molecule has 1 amide bonds. The van der Waals surface area contributed by atoms with Gasteiger partial charge in [-0.2, -0.15) is 0 Å². The fourth-order valence-corrected chi connectivity index (χ4v) is 2.45. The Kier molecular flexibility index (Phi) is 3.89. The number of furan rings is 1. The molecular weight excluding hydrogens is 288 g/mol. The van der Waals surface area contributed by atoms with Gasteiger partial charge < -0.3 is 15.1 Å². The van der Waals surface area contributed by atoms with Crippen LogP contribution in [0.2, 0.25) is 0 Å². The molecule has 0 unspecified atom stereocenters. The Labute approximate surface area is 135 Å². The van der Waals surface area contributed by atoms with Crippen LogP contribution in [0.4, 0.5) is 11.4 Å². The molecule has 116 valence electrons. The molecule has 0 aliphatic carbocycles. The smallest absolute Gasteiger partial charge is 0.293 e. The van der Waals surface area contributed by atoms with Gasteiger partial charge in [0, 0.05) is 24.0 Å². The summed E-state index contributed by atoms with van der Waals surface area (Å²) in [5.41, 5.74) is 9.29. The van der Waals surface area contributed by atoms with Crippen LogP contribution < -0.4 is 10.6 Å². The van der Waals surface area contributed by atoms with Crippen molar-refractivity contribution in [3.8, 4) is 11.3 Å². The van der Waals surface area contributed by atoms with Gasteiger partial charge in [-0.3, -0.25) is 4.79 Å². The van der Waals surface area contributed by atoms with E-state index in [-0.39, 0.29) is 5.91 Å². The van der Waals surface area contributed by atoms with Crippen LogP contribution in [-0.4, -0.2) is 13.0 Å². The second-order valence-electron chi connectivity index (χ2n) is 5.38. The van der Waals surface area contributed by atoms with Crippen LogP contribution in [0.25, 0.3) is 11.3 Å². The standard InChI is InChI=1S/C19H18N2O2/c1-13-15(9-6-10-16(13)20)17-11-12-18(23-17)19(22)21(2)14-7-4-3-5-8-14/h3-12H,20H2,1-2H3. The van der Waals surface area contributed by atoms with Gasteiger partial charge in [-0.1, -0.05) is 30.3 Å². The van der Waals surface area contributed by atoms with Crippen LogP contribution in [0, 0.1) is 6.92 Å². The number of carbonyl (C=O) groups is 1. The largest absolute Gasteiger partial charge is 0.451 e. The lowest BCUT2D eigenvalue weighted by molar-refractivity contribution is 0.0967. The van der Waals surface area contributed by atoms with Crippen LogP contribution in [0.3, 0.4) is 0 Å². The Morgan fingerprint density at radius 1 is 1.00 bits per heavy atom. The molecule has 4 heteroatoms. The summed E-state index contributed by atoms with van der Waals surface area (Å²) in [6, 6.07) is 18.6. The van der Waals surface area contributed by atoms with Crippen LogP contribution >= 0.6 is 0 Å². The summed E-state index contributed by atoms with van der Waals surface area (Å²) in [5, 5.41) is 0. The first kappa shape index (κ1) is 14.9. The summed E-state index contributed by atoms with van der Waals surface area (Å²) in [4.78, 5) is 14.1. The Bertz CT molecular complexity index is 838. The molecule has 1 aromatic heterocycles. The van der Waals surface area contributed by atoms with E-state index < -0.39 is 0 Å². The molecule has 0 aliphatic rings. The highest BCUT2D eigenvalue weighted by Gasteiger charge is 2.18.